The second-order valence-corrected chi connectivity index (χ2v) is 3.58. The lowest BCUT2D eigenvalue weighted by Crippen LogP contribution is -1.98. The topological polar surface area (TPSA) is 74.7 Å². The Morgan fingerprint density at radius 2 is 2.00 bits per heavy atom. The zero-order valence-electron chi connectivity index (χ0n) is 10.1. The summed E-state index contributed by atoms with van der Waals surface area (Å²) in [4.78, 5) is 11.3. The van der Waals surface area contributed by atoms with Crippen molar-refractivity contribution in [3.05, 3.63) is 36.1 Å². The molecule has 1 aromatic carbocycles. The van der Waals surface area contributed by atoms with E-state index in [9.17, 15) is 4.79 Å². The van der Waals surface area contributed by atoms with Gasteiger partial charge >= 0.3 is 5.97 Å². The molecule has 0 aliphatic rings. The zero-order chi connectivity index (χ0) is 13.1. The average Bonchev–Trinajstić information content (AvgIpc) is 2.87. The van der Waals surface area contributed by atoms with Crippen LogP contribution >= 0.6 is 0 Å². The average molecular weight is 247 g/mol. The Morgan fingerprint density at radius 1 is 1.22 bits per heavy atom. The molecule has 2 aromatic rings. The molecule has 1 aromatic heterocycles. The van der Waals surface area contributed by atoms with Gasteiger partial charge in [0, 0.05) is 0 Å². The summed E-state index contributed by atoms with van der Waals surface area (Å²) < 4.78 is 15.2. The minimum Gasteiger partial charge on any atom is -0.494 e. The highest BCUT2D eigenvalue weighted by Crippen LogP contribution is 2.35. The van der Waals surface area contributed by atoms with E-state index in [2.05, 4.69) is 4.74 Å². The van der Waals surface area contributed by atoms with Crippen LogP contribution in [0.2, 0.25) is 0 Å². The van der Waals surface area contributed by atoms with Crippen molar-refractivity contribution in [3.63, 3.8) is 0 Å². The fraction of sp³-hybridized carbons (Fsp3) is 0.154. The molecule has 5 heteroatoms. The molecule has 0 atom stereocenters. The molecule has 0 bridgehead atoms. The van der Waals surface area contributed by atoms with E-state index in [0.29, 0.717) is 22.8 Å². The van der Waals surface area contributed by atoms with Gasteiger partial charge in [-0.3, -0.25) is 0 Å². The number of benzene rings is 1. The summed E-state index contributed by atoms with van der Waals surface area (Å²) >= 11 is 0. The van der Waals surface area contributed by atoms with Gasteiger partial charge in [0.05, 0.1) is 25.5 Å². The van der Waals surface area contributed by atoms with Crippen molar-refractivity contribution >= 4 is 11.7 Å². The van der Waals surface area contributed by atoms with Gasteiger partial charge in [-0.15, -0.1) is 0 Å². The molecule has 0 radical (unpaired) electrons. The smallest absolute Gasteiger partial charge is 0.373 e. The third-order valence-electron chi connectivity index (χ3n) is 2.51. The van der Waals surface area contributed by atoms with Crippen molar-refractivity contribution in [3.8, 4) is 17.1 Å². The molecule has 0 aliphatic carbocycles. The third kappa shape index (κ3) is 2.02. The number of nitrogen functional groups attached to an aromatic ring is 1. The molecule has 0 fully saturated rings. The number of furan rings is 1. The second kappa shape index (κ2) is 4.83. The van der Waals surface area contributed by atoms with Crippen LogP contribution in [0.3, 0.4) is 0 Å². The van der Waals surface area contributed by atoms with Crippen LogP contribution in [0, 0.1) is 0 Å². The highest BCUT2D eigenvalue weighted by Gasteiger charge is 2.16. The maximum Gasteiger partial charge on any atom is 0.373 e. The molecule has 1 heterocycles. The van der Waals surface area contributed by atoms with Crippen LogP contribution in [-0.4, -0.2) is 20.2 Å². The minimum absolute atomic E-state index is 0.136. The monoisotopic (exact) mass is 247 g/mol. The Morgan fingerprint density at radius 3 is 2.67 bits per heavy atom. The summed E-state index contributed by atoms with van der Waals surface area (Å²) in [7, 11) is 2.82. The minimum atomic E-state index is -0.524. The van der Waals surface area contributed by atoms with Crippen LogP contribution in [0.5, 0.6) is 5.75 Å². The molecule has 0 saturated heterocycles. The molecule has 2 N–H and O–H groups in total. The van der Waals surface area contributed by atoms with Crippen LogP contribution in [0.15, 0.2) is 34.7 Å². The number of para-hydroxylation sites is 1. The summed E-state index contributed by atoms with van der Waals surface area (Å²) in [5.74, 6) is 0.629. The number of esters is 1. The number of rotatable bonds is 3. The SMILES string of the molecule is COC(=O)c1ccc(-c2cccc(N)c2OC)o1. The molecule has 0 aliphatic heterocycles. The third-order valence-corrected chi connectivity index (χ3v) is 2.51. The molecule has 2 rings (SSSR count). The number of nitrogens with two attached hydrogens (primary N) is 1. The van der Waals surface area contributed by atoms with Crippen molar-refractivity contribution in [2.24, 2.45) is 0 Å². The summed E-state index contributed by atoms with van der Waals surface area (Å²) in [6.45, 7) is 0. The van der Waals surface area contributed by atoms with Crippen LogP contribution in [0.1, 0.15) is 10.6 Å². The van der Waals surface area contributed by atoms with E-state index in [1.807, 2.05) is 0 Å². The standard InChI is InChI=1S/C13H13NO4/c1-16-12-8(4-3-5-9(12)14)10-6-7-11(18-10)13(15)17-2/h3-7H,14H2,1-2H3. The van der Waals surface area contributed by atoms with Crippen molar-refractivity contribution in [1.82, 2.24) is 0 Å². The first-order valence-corrected chi connectivity index (χ1v) is 5.28. The highest BCUT2D eigenvalue weighted by molar-refractivity contribution is 5.87. The summed E-state index contributed by atoms with van der Waals surface area (Å²) in [6.07, 6.45) is 0. The van der Waals surface area contributed by atoms with Crippen LogP contribution < -0.4 is 10.5 Å². The Bertz CT molecular complexity index is 574. The van der Waals surface area contributed by atoms with Gasteiger partial charge in [-0.2, -0.15) is 0 Å². The summed E-state index contributed by atoms with van der Waals surface area (Å²) in [6, 6.07) is 8.53. The van der Waals surface area contributed by atoms with Crippen molar-refractivity contribution < 1.29 is 18.7 Å². The molecule has 0 unspecified atom stereocenters. The Balaban J connectivity index is 2.46. The number of hydrogen-bond acceptors (Lipinski definition) is 5. The van der Waals surface area contributed by atoms with E-state index >= 15 is 0 Å². The van der Waals surface area contributed by atoms with E-state index in [1.54, 1.807) is 30.3 Å². The molecule has 5 nitrogen and oxygen atoms in total. The van der Waals surface area contributed by atoms with E-state index < -0.39 is 5.97 Å². The van der Waals surface area contributed by atoms with Gasteiger partial charge < -0.3 is 19.6 Å². The molecule has 0 saturated carbocycles. The lowest BCUT2D eigenvalue weighted by molar-refractivity contribution is 0.0566. The molecular weight excluding hydrogens is 234 g/mol. The van der Waals surface area contributed by atoms with Gasteiger partial charge in [-0.25, -0.2) is 4.79 Å². The maximum atomic E-state index is 11.3. The number of carbonyl (C=O) groups excluding carboxylic acids is 1. The zero-order valence-corrected chi connectivity index (χ0v) is 10.1. The molecule has 0 amide bonds. The first kappa shape index (κ1) is 12.0. The van der Waals surface area contributed by atoms with Crippen LogP contribution in [0.4, 0.5) is 5.69 Å². The van der Waals surface area contributed by atoms with Crippen molar-refractivity contribution in [1.29, 1.82) is 0 Å². The highest BCUT2D eigenvalue weighted by atomic mass is 16.5. The molecule has 18 heavy (non-hydrogen) atoms. The largest absolute Gasteiger partial charge is 0.494 e. The van der Waals surface area contributed by atoms with E-state index in [0.717, 1.165) is 0 Å². The van der Waals surface area contributed by atoms with Crippen LogP contribution in [-0.2, 0) is 4.74 Å². The van der Waals surface area contributed by atoms with Crippen LogP contribution in [0.25, 0.3) is 11.3 Å². The number of methoxy groups -OCH3 is 2. The lowest BCUT2D eigenvalue weighted by Gasteiger charge is -2.08. The molecule has 94 valence electrons. The second-order valence-electron chi connectivity index (χ2n) is 3.58. The first-order valence-electron chi connectivity index (χ1n) is 5.28. The fourth-order valence-corrected chi connectivity index (χ4v) is 1.67. The lowest BCUT2D eigenvalue weighted by atomic mass is 10.1. The molecule has 0 spiro atoms. The number of ether oxygens (including phenoxy) is 2. The maximum absolute atomic E-state index is 11.3. The van der Waals surface area contributed by atoms with E-state index in [-0.39, 0.29) is 5.76 Å². The Labute approximate surface area is 104 Å². The predicted octanol–water partition coefficient (Wildman–Crippen LogP) is 2.32. The fourth-order valence-electron chi connectivity index (χ4n) is 1.67. The molecular formula is C13H13NO4. The van der Waals surface area contributed by atoms with Gasteiger partial charge in [0.15, 0.2) is 5.75 Å². The van der Waals surface area contributed by atoms with Crippen molar-refractivity contribution in [2.75, 3.05) is 20.0 Å². The van der Waals surface area contributed by atoms with Gasteiger partial charge in [0.2, 0.25) is 5.76 Å². The summed E-state index contributed by atoms with van der Waals surface area (Å²) in [5.41, 5.74) is 7.00. The number of anilines is 1. The quantitative estimate of drug-likeness (QED) is 0.665. The predicted molar refractivity (Wildman–Crippen MR) is 66.4 cm³/mol. The summed E-state index contributed by atoms with van der Waals surface area (Å²) in [5, 5.41) is 0. The Kier molecular flexibility index (Phi) is 3.23. The Hall–Kier alpha value is -2.43. The van der Waals surface area contributed by atoms with Gasteiger partial charge in [-0.1, -0.05) is 6.07 Å². The van der Waals surface area contributed by atoms with Crippen molar-refractivity contribution in [2.45, 2.75) is 0 Å². The van der Waals surface area contributed by atoms with Gasteiger partial charge in [0.1, 0.15) is 5.76 Å². The van der Waals surface area contributed by atoms with Gasteiger partial charge in [-0.05, 0) is 24.3 Å². The first-order chi connectivity index (χ1) is 8.67. The van der Waals surface area contributed by atoms with E-state index in [1.165, 1.54) is 14.2 Å². The number of carbonyl (C=O) groups is 1. The van der Waals surface area contributed by atoms with Gasteiger partial charge in [0.25, 0.3) is 0 Å². The number of hydrogen-bond donors (Lipinski definition) is 1. The normalized spacial score (nSPS) is 10.1. The van der Waals surface area contributed by atoms with E-state index in [4.69, 9.17) is 14.9 Å².